The summed E-state index contributed by atoms with van der Waals surface area (Å²) >= 11 is 5.65. The van der Waals surface area contributed by atoms with Gasteiger partial charge in [-0.2, -0.15) is 0 Å². The number of nitro groups is 1. The minimum absolute atomic E-state index is 0.00870. The van der Waals surface area contributed by atoms with E-state index in [2.05, 4.69) is 31.9 Å². The number of carbonyl (C=O) groups is 1. The first-order valence-corrected chi connectivity index (χ1v) is 5.61. The molecule has 0 heterocycles. The monoisotopic (exact) mass is 339 g/mol. The summed E-state index contributed by atoms with van der Waals surface area (Å²) in [6, 6.07) is 2.00. The van der Waals surface area contributed by atoms with Crippen molar-refractivity contribution >= 4 is 43.3 Å². The summed E-state index contributed by atoms with van der Waals surface area (Å²) in [5.74, 6) is -1.24. The molecule has 80 valence electrons. The van der Waals surface area contributed by atoms with E-state index >= 15 is 0 Å². The molecule has 0 aromatic heterocycles. The minimum atomic E-state index is -0.825. The summed E-state index contributed by atoms with van der Waals surface area (Å²) in [4.78, 5) is 21.0. The van der Waals surface area contributed by atoms with E-state index in [-0.39, 0.29) is 15.4 Å². The normalized spacial score (nSPS) is 10.1. The number of Topliss-reactive ketones (excluding diaryl/α,β-unsaturated/α-hetero) is 1. The summed E-state index contributed by atoms with van der Waals surface area (Å²) < 4.78 is 12.9. The molecule has 0 aliphatic heterocycles. The average molecular weight is 341 g/mol. The van der Waals surface area contributed by atoms with Crippen molar-refractivity contribution in [3.05, 3.63) is 38.1 Å². The lowest BCUT2D eigenvalue weighted by Crippen LogP contribution is -2.03. The van der Waals surface area contributed by atoms with E-state index in [1.54, 1.807) is 0 Å². The van der Waals surface area contributed by atoms with Crippen LogP contribution in [0.4, 0.5) is 10.1 Å². The molecule has 0 fully saturated rings. The largest absolute Gasteiger partial charge is 0.293 e. The van der Waals surface area contributed by atoms with Crippen LogP contribution in [0.3, 0.4) is 0 Å². The number of ketones is 1. The van der Waals surface area contributed by atoms with Gasteiger partial charge in [-0.3, -0.25) is 14.9 Å². The molecule has 4 nitrogen and oxygen atoms in total. The van der Waals surface area contributed by atoms with Crippen LogP contribution < -0.4 is 0 Å². The molecular weight excluding hydrogens is 337 g/mol. The SMILES string of the molecule is O=C(CBr)c1cc(F)c(Br)c([N+](=O)[O-])c1. The standard InChI is InChI=1S/C8H4Br2FNO3/c9-3-7(13)4-1-5(11)8(10)6(2-4)12(14)15/h1-2H,3H2. The van der Waals surface area contributed by atoms with Crippen LogP contribution in [-0.4, -0.2) is 16.0 Å². The lowest BCUT2D eigenvalue weighted by molar-refractivity contribution is -0.385. The molecule has 0 atom stereocenters. The first kappa shape index (κ1) is 12.3. The van der Waals surface area contributed by atoms with Gasteiger partial charge in [0.05, 0.1) is 10.3 Å². The highest BCUT2D eigenvalue weighted by Gasteiger charge is 2.19. The first-order valence-electron chi connectivity index (χ1n) is 3.70. The molecule has 0 saturated carbocycles. The molecule has 0 bridgehead atoms. The molecule has 1 aromatic rings. The van der Waals surface area contributed by atoms with E-state index in [4.69, 9.17) is 0 Å². The summed E-state index contributed by atoms with van der Waals surface area (Å²) in [7, 11) is 0. The molecule has 0 unspecified atom stereocenters. The van der Waals surface area contributed by atoms with Crippen molar-refractivity contribution in [1.29, 1.82) is 0 Å². The molecule has 7 heteroatoms. The first-order chi connectivity index (χ1) is 6.97. The van der Waals surface area contributed by atoms with Gasteiger partial charge in [0.25, 0.3) is 5.69 Å². The zero-order valence-electron chi connectivity index (χ0n) is 7.17. The molecule has 0 amide bonds. The Morgan fingerprint density at radius 2 is 2.13 bits per heavy atom. The van der Waals surface area contributed by atoms with Gasteiger partial charge in [0.1, 0.15) is 10.3 Å². The molecule has 0 spiro atoms. The minimum Gasteiger partial charge on any atom is -0.293 e. The Balaban J connectivity index is 3.35. The number of benzene rings is 1. The van der Waals surface area contributed by atoms with E-state index in [0.29, 0.717) is 0 Å². The number of rotatable bonds is 3. The van der Waals surface area contributed by atoms with Crippen LogP contribution in [0, 0.1) is 15.9 Å². The van der Waals surface area contributed by atoms with Crippen LogP contribution >= 0.6 is 31.9 Å². The van der Waals surface area contributed by atoms with Crippen molar-refractivity contribution in [3.63, 3.8) is 0 Å². The van der Waals surface area contributed by atoms with Gasteiger partial charge < -0.3 is 0 Å². The highest BCUT2D eigenvalue weighted by atomic mass is 79.9. The maximum Gasteiger partial charge on any atom is 0.287 e. The molecule has 15 heavy (non-hydrogen) atoms. The van der Waals surface area contributed by atoms with E-state index in [0.717, 1.165) is 12.1 Å². The third kappa shape index (κ3) is 2.60. The maximum absolute atomic E-state index is 13.2. The van der Waals surface area contributed by atoms with Gasteiger partial charge in [0.2, 0.25) is 0 Å². The summed E-state index contributed by atoms with van der Waals surface area (Å²) in [5.41, 5.74) is -0.487. The number of alkyl halides is 1. The average Bonchev–Trinajstić information content (AvgIpc) is 2.20. The molecule has 0 radical (unpaired) electrons. The van der Waals surface area contributed by atoms with Crippen LogP contribution in [0.15, 0.2) is 16.6 Å². The molecule has 0 saturated heterocycles. The van der Waals surface area contributed by atoms with Gasteiger partial charge in [0.15, 0.2) is 5.78 Å². The zero-order chi connectivity index (χ0) is 11.6. The fourth-order valence-corrected chi connectivity index (χ4v) is 1.64. The molecule has 0 N–H and O–H groups in total. The Bertz CT molecular complexity index is 436. The van der Waals surface area contributed by atoms with E-state index in [1.807, 2.05) is 0 Å². The van der Waals surface area contributed by atoms with Crippen molar-refractivity contribution in [2.45, 2.75) is 0 Å². The Hall–Kier alpha value is -0.820. The lowest BCUT2D eigenvalue weighted by atomic mass is 10.1. The maximum atomic E-state index is 13.2. The summed E-state index contributed by atoms with van der Waals surface area (Å²) in [6.07, 6.45) is 0. The van der Waals surface area contributed by atoms with Gasteiger partial charge >= 0.3 is 0 Å². The number of hydrogen-bond acceptors (Lipinski definition) is 3. The quantitative estimate of drug-likeness (QED) is 0.367. The Morgan fingerprint density at radius 3 is 2.60 bits per heavy atom. The number of carbonyl (C=O) groups excluding carboxylic acids is 1. The molecule has 0 aliphatic rings. The fraction of sp³-hybridized carbons (Fsp3) is 0.125. The third-order valence-corrected chi connectivity index (χ3v) is 2.94. The predicted molar refractivity (Wildman–Crippen MR) is 58.9 cm³/mol. The van der Waals surface area contributed by atoms with Crippen LogP contribution in [0.25, 0.3) is 0 Å². The van der Waals surface area contributed by atoms with Crippen LogP contribution in [0.1, 0.15) is 10.4 Å². The third-order valence-electron chi connectivity index (χ3n) is 1.65. The van der Waals surface area contributed by atoms with E-state index in [9.17, 15) is 19.3 Å². The van der Waals surface area contributed by atoms with Crippen molar-refractivity contribution in [3.8, 4) is 0 Å². The summed E-state index contributed by atoms with van der Waals surface area (Å²) in [6.45, 7) is 0. The smallest absolute Gasteiger partial charge is 0.287 e. The zero-order valence-corrected chi connectivity index (χ0v) is 10.3. The second-order valence-electron chi connectivity index (χ2n) is 2.61. The highest BCUT2D eigenvalue weighted by Crippen LogP contribution is 2.29. The second-order valence-corrected chi connectivity index (χ2v) is 3.96. The molecule has 1 rings (SSSR count). The second kappa shape index (κ2) is 4.80. The van der Waals surface area contributed by atoms with Crippen LogP contribution in [-0.2, 0) is 0 Å². The van der Waals surface area contributed by atoms with Crippen molar-refractivity contribution in [2.24, 2.45) is 0 Å². The number of nitro benzene ring substituents is 1. The Morgan fingerprint density at radius 1 is 1.53 bits per heavy atom. The van der Waals surface area contributed by atoms with E-state index < -0.39 is 22.2 Å². The number of hydrogen-bond donors (Lipinski definition) is 0. The lowest BCUT2D eigenvalue weighted by Gasteiger charge is -2.01. The molecule has 1 aromatic carbocycles. The van der Waals surface area contributed by atoms with Crippen molar-refractivity contribution in [1.82, 2.24) is 0 Å². The van der Waals surface area contributed by atoms with Gasteiger partial charge in [-0.1, -0.05) is 15.9 Å². The number of nitrogens with zero attached hydrogens (tertiary/aromatic N) is 1. The Labute approximate surface area is 101 Å². The molecule has 0 aliphatic carbocycles. The molecular formula is C8H4Br2FNO3. The van der Waals surface area contributed by atoms with Crippen LogP contribution in [0.2, 0.25) is 0 Å². The van der Waals surface area contributed by atoms with Gasteiger partial charge in [0, 0.05) is 11.6 Å². The predicted octanol–water partition coefficient (Wildman–Crippen LogP) is 3.07. The number of halogens is 3. The van der Waals surface area contributed by atoms with Crippen molar-refractivity contribution in [2.75, 3.05) is 5.33 Å². The topological polar surface area (TPSA) is 60.2 Å². The Kier molecular flexibility index (Phi) is 3.92. The van der Waals surface area contributed by atoms with Gasteiger partial charge in [-0.05, 0) is 22.0 Å². The van der Waals surface area contributed by atoms with E-state index in [1.165, 1.54) is 0 Å². The van der Waals surface area contributed by atoms with Crippen LogP contribution in [0.5, 0.6) is 0 Å². The van der Waals surface area contributed by atoms with Gasteiger partial charge in [-0.15, -0.1) is 0 Å². The fourth-order valence-electron chi connectivity index (χ4n) is 0.946. The highest BCUT2D eigenvalue weighted by molar-refractivity contribution is 9.10. The van der Waals surface area contributed by atoms with Gasteiger partial charge in [-0.25, -0.2) is 4.39 Å². The summed E-state index contributed by atoms with van der Waals surface area (Å²) in [5, 5.41) is 10.5. The van der Waals surface area contributed by atoms with Crippen molar-refractivity contribution < 1.29 is 14.1 Å².